The molecule has 3 heterocycles. The Bertz CT molecular complexity index is 358. The number of rotatable bonds is 9. The standard InChI is InChI=1S/C17H33N4/c1-6-15(7-2,8-3)17(19-11-12-19,20-13-14-20)21-16(9-4,10-5)18-21/h18H,1,6-14H2,2-5H3. The van der Waals surface area contributed by atoms with E-state index in [1.54, 1.807) is 0 Å². The van der Waals surface area contributed by atoms with Gasteiger partial charge < -0.3 is 0 Å². The van der Waals surface area contributed by atoms with E-state index < -0.39 is 0 Å². The lowest BCUT2D eigenvalue weighted by Crippen LogP contribution is -2.66. The first-order valence-electron chi connectivity index (χ1n) is 8.98. The molecule has 121 valence electrons. The third-order valence-corrected chi connectivity index (χ3v) is 6.50. The minimum Gasteiger partial charge on any atom is -0.269 e. The molecule has 0 aliphatic carbocycles. The average molecular weight is 293 g/mol. The smallest absolute Gasteiger partial charge is 0.151 e. The van der Waals surface area contributed by atoms with E-state index in [2.05, 4.69) is 54.9 Å². The second kappa shape index (κ2) is 5.19. The van der Waals surface area contributed by atoms with Gasteiger partial charge in [-0.05, 0) is 32.1 Å². The molecule has 0 bridgehead atoms. The molecule has 1 unspecified atom stereocenters. The highest BCUT2D eigenvalue weighted by atomic mass is 15.9. The minimum atomic E-state index is 0.0598. The number of nitrogens with one attached hydrogen (secondary N) is 1. The summed E-state index contributed by atoms with van der Waals surface area (Å²) in [6.07, 6.45) is 5.75. The molecule has 3 fully saturated rings. The van der Waals surface area contributed by atoms with Gasteiger partial charge in [0.1, 0.15) is 5.66 Å². The molecule has 0 aromatic rings. The molecule has 3 aliphatic heterocycles. The van der Waals surface area contributed by atoms with Crippen LogP contribution in [0.4, 0.5) is 0 Å². The minimum absolute atomic E-state index is 0.0598. The van der Waals surface area contributed by atoms with Crippen molar-refractivity contribution in [3.8, 4) is 0 Å². The van der Waals surface area contributed by atoms with E-state index in [1.165, 1.54) is 51.9 Å². The molecule has 0 amide bonds. The first-order chi connectivity index (χ1) is 10.1. The number of hydrogen-bond acceptors (Lipinski definition) is 4. The van der Waals surface area contributed by atoms with Gasteiger partial charge in [0.2, 0.25) is 0 Å². The van der Waals surface area contributed by atoms with E-state index in [0.717, 1.165) is 6.42 Å². The summed E-state index contributed by atoms with van der Waals surface area (Å²) < 4.78 is 0. The Morgan fingerprint density at radius 3 is 1.67 bits per heavy atom. The SMILES string of the molecule is [CH2]CC(CC)(CC)C(N1CC1)(N1CC1)N1NC1(CC)CC. The molecular formula is C17H33N4. The molecule has 0 spiro atoms. The van der Waals surface area contributed by atoms with Gasteiger partial charge in [-0.2, -0.15) is 5.01 Å². The summed E-state index contributed by atoms with van der Waals surface area (Å²) in [7, 11) is 0. The average Bonchev–Trinajstić information content (AvgIpc) is 3.41. The van der Waals surface area contributed by atoms with Crippen LogP contribution < -0.4 is 5.43 Å². The zero-order chi connectivity index (χ0) is 15.3. The van der Waals surface area contributed by atoms with Crippen molar-refractivity contribution < 1.29 is 0 Å². The van der Waals surface area contributed by atoms with Gasteiger partial charge in [-0.1, -0.05) is 34.6 Å². The summed E-state index contributed by atoms with van der Waals surface area (Å²) in [6.45, 7) is 18.7. The first kappa shape index (κ1) is 15.7. The normalized spacial score (nSPS) is 28.7. The van der Waals surface area contributed by atoms with E-state index in [0.29, 0.717) is 0 Å². The molecule has 0 aromatic heterocycles. The van der Waals surface area contributed by atoms with Crippen molar-refractivity contribution in [3.05, 3.63) is 6.92 Å². The van der Waals surface area contributed by atoms with E-state index in [9.17, 15) is 0 Å². The van der Waals surface area contributed by atoms with E-state index in [1.807, 2.05) is 0 Å². The Hall–Kier alpha value is -0.160. The van der Waals surface area contributed by atoms with Crippen LogP contribution in [0.25, 0.3) is 0 Å². The summed E-state index contributed by atoms with van der Waals surface area (Å²) >= 11 is 0. The second-order valence-corrected chi connectivity index (χ2v) is 7.03. The van der Waals surface area contributed by atoms with Crippen LogP contribution in [0.2, 0.25) is 0 Å². The topological polar surface area (TPSA) is 31.0 Å². The zero-order valence-electron chi connectivity index (χ0n) is 14.4. The summed E-state index contributed by atoms with van der Waals surface area (Å²) in [5, 5.41) is 2.62. The number of hydrogen-bond donors (Lipinski definition) is 1. The molecule has 1 radical (unpaired) electrons. The molecular weight excluding hydrogens is 260 g/mol. The maximum absolute atomic E-state index is 4.39. The predicted molar refractivity (Wildman–Crippen MR) is 87.2 cm³/mol. The summed E-state index contributed by atoms with van der Waals surface area (Å²) in [6, 6.07) is 0. The highest BCUT2D eigenvalue weighted by molar-refractivity contribution is 5.17. The van der Waals surface area contributed by atoms with Gasteiger partial charge in [0.15, 0.2) is 5.79 Å². The molecule has 21 heavy (non-hydrogen) atoms. The fourth-order valence-electron chi connectivity index (χ4n) is 4.64. The maximum Gasteiger partial charge on any atom is 0.151 e. The monoisotopic (exact) mass is 293 g/mol. The molecule has 4 heteroatoms. The molecule has 3 saturated heterocycles. The summed E-state index contributed by atoms with van der Waals surface area (Å²) in [5.41, 5.74) is 4.25. The quantitative estimate of drug-likeness (QED) is 0.662. The molecule has 3 rings (SSSR count). The Kier molecular flexibility index (Phi) is 3.89. The second-order valence-electron chi connectivity index (χ2n) is 7.03. The van der Waals surface area contributed by atoms with E-state index in [4.69, 9.17) is 0 Å². The maximum atomic E-state index is 4.39. The largest absolute Gasteiger partial charge is 0.269 e. The lowest BCUT2D eigenvalue weighted by atomic mass is 9.72. The van der Waals surface area contributed by atoms with Crippen molar-refractivity contribution in [3.63, 3.8) is 0 Å². The van der Waals surface area contributed by atoms with Gasteiger partial charge in [0.25, 0.3) is 0 Å². The Morgan fingerprint density at radius 1 is 0.952 bits per heavy atom. The van der Waals surface area contributed by atoms with Crippen molar-refractivity contribution in [1.29, 1.82) is 0 Å². The molecule has 1 atom stereocenters. The van der Waals surface area contributed by atoms with Gasteiger partial charge in [-0.3, -0.25) is 9.80 Å². The molecule has 4 nitrogen and oxygen atoms in total. The molecule has 1 N–H and O–H groups in total. The van der Waals surface area contributed by atoms with Crippen LogP contribution >= 0.6 is 0 Å². The van der Waals surface area contributed by atoms with Gasteiger partial charge in [-0.15, -0.1) is 0 Å². The third-order valence-electron chi connectivity index (χ3n) is 6.50. The molecule has 3 aliphatic rings. The van der Waals surface area contributed by atoms with Gasteiger partial charge in [0.05, 0.1) is 0 Å². The van der Waals surface area contributed by atoms with Crippen LogP contribution in [0.1, 0.15) is 59.8 Å². The van der Waals surface area contributed by atoms with Crippen molar-refractivity contribution in [2.45, 2.75) is 71.2 Å². The highest BCUT2D eigenvalue weighted by Crippen LogP contribution is 2.58. The fraction of sp³-hybridized carbons (Fsp3) is 0.941. The summed E-state index contributed by atoms with van der Waals surface area (Å²) in [5.74, 6) is 0.0598. The van der Waals surface area contributed by atoms with Crippen LogP contribution in [0.3, 0.4) is 0 Å². The van der Waals surface area contributed by atoms with Gasteiger partial charge in [0, 0.05) is 31.6 Å². The zero-order valence-corrected chi connectivity index (χ0v) is 14.4. The van der Waals surface area contributed by atoms with Crippen molar-refractivity contribution in [2.24, 2.45) is 5.41 Å². The highest BCUT2D eigenvalue weighted by Gasteiger charge is 2.73. The lowest BCUT2D eigenvalue weighted by molar-refractivity contribution is -0.147. The third kappa shape index (κ3) is 1.95. The van der Waals surface area contributed by atoms with Crippen LogP contribution in [-0.4, -0.2) is 52.4 Å². The fourth-order valence-corrected chi connectivity index (χ4v) is 4.64. The van der Waals surface area contributed by atoms with Crippen LogP contribution in [-0.2, 0) is 0 Å². The van der Waals surface area contributed by atoms with Crippen molar-refractivity contribution >= 4 is 0 Å². The van der Waals surface area contributed by atoms with E-state index >= 15 is 0 Å². The number of nitrogens with zero attached hydrogens (tertiary/aromatic N) is 3. The van der Waals surface area contributed by atoms with E-state index in [-0.39, 0.29) is 16.9 Å². The van der Waals surface area contributed by atoms with Crippen LogP contribution in [0, 0.1) is 12.3 Å². The Balaban J connectivity index is 2.04. The van der Waals surface area contributed by atoms with Gasteiger partial charge >= 0.3 is 0 Å². The Labute approximate surface area is 130 Å². The summed E-state index contributed by atoms with van der Waals surface area (Å²) in [4.78, 5) is 5.39. The van der Waals surface area contributed by atoms with Crippen LogP contribution in [0.15, 0.2) is 0 Å². The molecule has 0 saturated carbocycles. The van der Waals surface area contributed by atoms with Crippen LogP contribution in [0.5, 0.6) is 0 Å². The van der Waals surface area contributed by atoms with Crippen molar-refractivity contribution in [2.75, 3.05) is 26.2 Å². The lowest BCUT2D eigenvalue weighted by Gasteiger charge is -2.53. The molecule has 0 aromatic carbocycles. The Morgan fingerprint density at radius 2 is 1.43 bits per heavy atom. The number of hydrazine groups is 1. The van der Waals surface area contributed by atoms with Gasteiger partial charge in [-0.25, -0.2) is 5.43 Å². The predicted octanol–water partition coefficient (Wildman–Crippen LogP) is 2.64. The van der Waals surface area contributed by atoms with Crippen molar-refractivity contribution in [1.82, 2.24) is 20.2 Å². The first-order valence-corrected chi connectivity index (χ1v) is 8.98.